The highest BCUT2D eigenvalue weighted by Gasteiger charge is 2.20. The molecule has 0 fully saturated rings. The second-order valence-electron chi connectivity index (χ2n) is 3.67. The van der Waals surface area contributed by atoms with Gasteiger partial charge in [0.05, 0.1) is 6.61 Å². The molecule has 0 saturated carbocycles. The number of aryl methyl sites for hydroxylation is 1. The third-order valence-electron chi connectivity index (χ3n) is 2.85. The summed E-state index contributed by atoms with van der Waals surface area (Å²) in [6, 6.07) is 6.98. The van der Waals surface area contributed by atoms with Gasteiger partial charge in [0.2, 0.25) is 0 Å². The quantitative estimate of drug-likeness (QED) is 0.791. The molecule has 1 atom stereocenters. The number of rotatable bonds is 3. The molecule has 1 aliphatic rings. The summed E-state index contributed by atoms with van der Waals surface area (Å²) < 4.78 is 5.48. The molecule has 2 rings (SSSR count). The van der Waals surface area contributed by atoms with Crippen LogP contribution in [0.1, 0.15) is 30.5 Å². The average molecular weight is 191 g/mol. The van der Waals surface area contributed by atoms with Crippen molar-refractivity contribution in [2.24, 2.45) is 0 Å². The van der Waals surface area contributed by atoms with Gasteiger partial charge in [-0.25, -0.2) is 0 Å². The first-order valence-corrected chi connectivity index (χ1v) is 5.28. The summed E-state index contributed by atoms with van der Waals surface area (Å²) >= 11 is 0. The molecule has 0 saturated heterocycles. The molecule has 1 aromatic rings. The SMILES string of the molecule is CCOc1ccc2c(c1)CCC2NC. The summed E-state index contributed by atoms with van der Waals surface area (Å²) in [5.74, 6) is 1.00. The molecule has 0 amide bonds. The zero-order valence-electron chi connectivity index (χ0n) is 8.84. The molecule has 2 nitrogen and oxygen atoms in total. The van der Waals surface area contributed by atoms with Crippen LogP contribution in [-0.4, -0.2) is 13.7 Å². The average Bonchev–Trinajstić information content (AvgIpc) is 2.60. The number of fused-ring (bicyclic) bond motifs is 1. The van der Waals surface area contributed by atoms with Crippen LogP contribution in [0.4, 0.5) is 0 Å². The van der Waals surface area contributed by atoms with Crippen molar-refractivity contribution >= 4 is 0 Å². The highest BCUT2D eigenvalue weighted by Crippen LogP contribution is 2.33. The Morgan fingerprint density at radius 3 is 3.07 bits per heavy atom. The van der Waals surface area contributed by atoms with Crippen molar-refractivity contribution in [3.8, 4) is 5.75 Å². The Morgan fingerprint density at radius 1 is 1.50 bits per heavy atom. The van der Waals surface area contributed by atoms with Gasteiger partial charge in [0, 0.05) is 6.04 Å². The summed E-state index contributed by atoms with van der Waals surface area (Å²) in [4.78, 5) is 0. The van der Waals surface area contributed by atoms with Crippen molar-refractivity contribution in [1.82, 2.24) is 5.32 Å². The van der Waals surface area contributed by atoms with Gasteiger partial charge < -0.3 is 10.1 Å². The van der Waals surface area contributed by atoms with Crippen LogP contribution in [-0.2, 0) is 6.42 Å². The van der Waals surface area contributed by atoms with Crippen LogP contribution in [0.5, 0.6) is 5.75 Å². The minimum absolute atomic E-state index is 0.542. The van der Waals surface area contributed by atoms with E-state index in [1.807, 2.05) is 14.0 Å². The van der Waals surface area contributed by atoms with Gasteiger partial charge in [-0.05, 0) is 50.1 Å². The summed E-state index contributed by atoms with van der Waals surface area (Å²) in [6.45, 7) is 2.76. The number of ether oxygens (including phenoxy) is 1. The standard InChI is InChI=1S/C12H17NO/c1-3-14-10-5-6-11-9(8-10)4-7-12(11)13-2/h5-6,8,12-13H,3-4,7H2,1-2H3. The molecule has 0 heterocycles. The topological polar surface area (TPSA) is 21.3 Å². The predicted molar refractivity (Wildman–Crippen MR) is 57.7 cm³/mol. The van der Waals surface area contributed by atoms with E-state index < -0.39 is 0 Å². The second-order valence-corrected chi connectivity index (χ2v) is 3.67. The van der Waals surface area contributed by atoms with Crippen LogP contribution in [0.2, 0.25) is 0 Å². The molecule has 1 aliphatic carbocycles. The van der Waals surface area contributed by atoms with E-state index in [-0.39, 0.29) is 0 Å². The Hall–Kier alpha value is -1.02. The van der Waals surface area contributed by atoms with E-state index in [0.717, 1.165) is 12.4 Å². The zero-order valence-corrected chi connectivity index (χ0v) is 8.84. The lowest BCUT2D eigenvalue weighted by atomic mass is 10.1. The Balaban J connectivity index is 2.25. The highest BCUT2D eigenvalue weighted by atomic mass is 16.5. The lowest BCUT2D eigenvalue weighted by molar-refractivity contribution is 0.340. The Kier molecular flexibility index (Phi) is 2.73. The van der Waals surface area contributed by atoms with E-state index in [2.05, 4.69) is 23.5 Å². The first kappa shape index (κ1) is 9.53. The molecular formula is C12H17NO. The molecule has 0 bridgehead atoms. The van der Waals surface area contributed by atoms with Gasteiger partial charge in [0.15, 0.2) is 0 Å². The summed E-state index contributed by atoms with van der Waals surface area (Å²) in [5.41, 5.74) is 2.88. The van der Waals surface area contributed by atoms with Crippen LogP contribution in [0, 0.1) is 0 Å². The smallest absolute Gasteiger partial charge is 0.119 e. The summed E-state index contributed by atoms with van der Waals surface area (Å²) in [6.07, 6.45) is 2.38. The Labute approximate surface area is 85.3 Å². The monoisotopic (exact) mass is 191 g/mol. The van der Waals surface area contributed by atoms with Crippen molar-refractivity contribution in [3.63, 3.8) is 0 Å². The minimum Gasteiger partial charge on any atom is -0.494 e. The van der Waals surface area contributed by atoms with Gasteiger partial charge in [-0.1, -0.05) is 6.07 Å². The zero-order chi connectivity index (χ0) is 9.97. The second kappa shape index (κ2) is 4.01. The van der Waals surface area contributed by atoms with E-state index >= 15 is 0 Å². The molecular weight excluding hydrogens is 174 g/mol. The molecule has 1 unspecified atom stereocenters. The van der Waals surface area contributed by atoms with Crippen LogP contribution < -0.4 is 10.1 Å². The van der Waals surface area contributed by atoms with Gasteiger partial charge in [-0.3, -0.25) is 0 Å². The van der Waals surface area contributed by atoms with E-state index in [4.69, 9.17) is 4.74 Å². The van der Waals surface area contributed by atoms with Gasteiger partial charge >= 0.3 is 0 Å². The number of hydrogen-bond donors (Lipinski definition) is 1. The molecule has 0 aliphatic heterocycles. The largest absolute Gasteiger partial charge is 0.494 e. The maximum absolute atomic E-state index is 5.48. The van der Waals surface area contributed by atoms with E-state index in [1.54, 1.807) is 0 Å². The highest BCUT2D eigenvalue weighted by molar-refractivity contribution is 5.40. The molecule has 1 N–H and O–H groups in total. The molecule has 14 heavy (non-hydrogen) atoms. The van der Waals surface area contributed by atoms with Crippen LogP contribution in [0.15, 0.2) is 18.2 Å². The van der Waals surface area contributed by atoms with Gasteiger partial charge in [0.1, 0.15) is 5.75 Å². The molecule has 76 valence electrons. The fourth-order valence-corrected chi connectivity index (χ4v) is 2.15. The maximum atomic E-state index is 5.48. The van der Waals surface area contributed by atoms with Crippen LogP contribution >= 0.6 is 0 Å². The fourth-order valence-electron chi connectivity index (χ4n) is 2.15. The third kappa shape index (κ3) is 1.62. The fraction of sp³-hybridized carbons (Fsp3) is 0.500. The molecule has 0 radical (unpaired) electrons. The molecule has 2 heteroatoms. The minimum atomic E-state index is 0.542. The normalized spacial score (nSPS) is 19.4. The summed E-state index contributed by atoms with van der Waals surface area (Å²) in [5, 5.41) is 3.33. The van der Waals surface area contributed by atoms with Gasteiger partial charge in [-0.2, -0.15) is 0 Å². The van der Waals surface area contributed by atoms with Gasteiger partial charge in [-0.15, -0.1) is 0 Å². The van der Waals surface area contributed by atoms with E-state index in [1.165, 1.54) is 24.0 Å². The number of nitrogens with one attached hydrogen (secondary N) is 1. The predicted octanol–water partition coefficient (Wildman–Crippen LogP) is 2.29. The number of hydrogen-bond acceptors (Lipinski definition) is 2. The van der Waals surface area contributed by atoms with Crippen molar-refractivity contribution in [1.29, 1.82) is 0 Å². The molecule has 1 aromatic carbocycles. The van der Waals surface area contributed by atoms with Crippen molar-refractivity contribution in [2.45, 2.75) is 25.8 Å². The van der Waals surface area contributed by atoms with Crippen molar-refractivity contribution in [2.75, 3.05) is 13.7 Å². The number of benzene rings is 1. The summed E-state index contributed by atoms with van der Waals surface area (Å²) in [7, 11) is 2.02. The lowest BCUT2D eigenvalue weighted by Crippen LogP contribution is -2.12. The first-order valence-electron chi connectivity index (χ1n) is 5.28. The lowest BCUT2D eigenvalue weighted by Gasteiger charge is -2.10. The van der Waals surface area contributed by atoms with Gasteiger partial charge in [0.25, 0.3) is 0 Å². The maximum Gasteiger partial charge on any atom is 0.119 e. The Morgan fingerprint density at radius 2 is 2.36 bits per heavy atom. The van der Waals surface area contributed by atoms with E-state index in [0.29, 0.717) is 6.04 Å². The van der Waals surface area contributed by atoms with Crippen molar-refractivity contribution in [3.05, 3.63) is 29.3 Å². The Bertz CT molecular complexity index is 322. The molecule has 0 spiro atoms. The third-order valence-corrected chi connectivity index (χ3v) is 2.85. The van der Waals surface area contributed by atoms with Crippen LogP contribution in [0.25, 0.3) is 0 Å². The first-order chi connectivity index (χ1) is 6.85. The van der Waals surface area contributed by atoms with Crippen LogP contribution in [0.3, 0.4) is 0 Å². The molecule has 0 aromatic heterocycles. The van der Waals surface area contributed by atoms with Crippen molar-refractivity contribution < 1.29 is 4.74 Å². The van der Waals surface area contributed by atoms with E-state index in [9.17, 15) is 0 Å².